The Morgan fingerprint density at radius 1 is 1.11 bits per heavy atom. The first-order valence-corrected chi connectivity index (χ1v) is 5.92. The molecule has 0 aliphatic carbocycles. The summed E-state index contributed by atoms with van der Waals surface area (Å²) < 4.78 is 13.5. The van der Waals surface area contributed by atoms with Gasteiger partial charge in [-0.05, 0) is 43.2 Å². The summed E-state index contributed by atoms with van der Waals surface area (Å²) in [6.45, 7) is 4.48. The van der Waals surface area contributed by atoms with Crippen molar-refractivity contribution in [2.24, 2.45) is 0 Å². The van der Waals surface area contributed by atoms with Gasteiger partial charge in [-0.1, -0.05) is 18.2 Å². The van der Waals surface area contributed by atoms with Crippen LogP contribution in [0.1, 0.15) is 16.7 Å². The Bertz CT molecular complexity index is 564. The second-order valence-electron chi connectivity index (χ2n) is 4.47. The Balaban J connectivity index is 2.16. The minimum Gasteiger partial charge on any atom is -0.397 e. The van der Waals surface area contributed by atoms with Gasteiger partial charge in [-0.25, -0.2) is 4.39 Å². The van der Waals surface area contributed by atoms with E-state index in [1.54, 1.807) is 12.1 Å². The first kappa shape index (κ1) is 12.4. The molecule has 0 fully saturated rings. The molecule has 0 saturated carbocycles. The fraction of sp³-hybridized carbons (Fsp3) is 0.200. The third kappa shape index (κ3) is 2.62. The summed E-state index contributed by atoms with van der Waals surface area (Å²) in [6.07, 6.45) is 0. The van der Waals surface area contributed by atoms with Crippen LogP contribution < -0.4 is 11.1 Å². The van der Waals surface area contributed by atoms with E-state index in [9.17, 15) is 4.39 Å². The highest BCUT2D eigenvalue weighted by Crippen LogP contribution is 2.23. The van der Waals surface area contributed by atoms with Gasteiger partial charge in [0.15, 0.2) is 0 Å². The number of aryl methyl sites for hydroxylation is 2. The third-order valence-electron chi connectivity index (χ3n) is 3.09. The highest BCUT2D eigenvalue weighted by molar-refractivity contribution is 5.68. The lowest BCUT2D eigenvalue weighted by Gasteiger charge is -2.12. The first-order chi connectivity index (χ1) is 8.58. The number of halogens is 1. The van der Waals surface area contributed by atoms with Gasteiger partial charge in [-0.15, -0.1) is 0 Å². The Morgan fingerprint density at radius 3 is 2.50 bits per heavy atom. The van der Waals surface area contributed by atoms with Crippen LogP contribution in [0.25, 0.3) is 0 Å². The maximum atomic E-state index is 13.5. The van der Waals surface area contributed by atoms with E-state index >= 15 is 0 Å². The van der Waals surface area contributed by atoms with Crippen molar-refractivity contribution in [2.45, 2.75) is 20.4 Å². The molecule has 2 aromatic carbocycles. The number of nitrogen functional groups attached to an aromatic ring is 1. The summed E-state index contributed by atoms with van der Waals surface area (Å²) in [5.41, 5.74) is 10.4. The van der Waals surface area contributed by atoms with Gasteiger partial charge < -0.3 is 11.1 Å². The largest absolute Gasteiger partial charge is 0.397 e. The zero-order chi connectivity index (χ0) is 13.1. The monoisotopic (exact) mass is 244 g/mol. The number of hydrogen-bond acceptors (Lipinski definition) is 2. The van der Waals surface area contributed by atoms with Crippen molar-refractivity contribution in [3.63, 3.8) is 0 Å². The van der Waals surface area contributed by atoms with E-state index in [0.717, 1.165) is 11.3 Å². The molecular weight excluding hydrogens is 227 g/mol. The number of benzene rings is 2. The molecule has 18 heavy (non-hydrogen) atoms. The van der Waals surface area contributed by atoms with Crippen molar-refractivity contribution in [3.8, 4) is 0 Å². The van der Waals surface area contributed by atoms with E-state index in [2.05, 4.69) is 5.32 Å². The summed E-state index contributed by atoms with van der Waals surface area (Å²) >= 11 is 0. The second-order valence-corrected chi connectivity index (χ2v) is 4.47. The minimum atomic E-state index is -0.201. The number of nitrogens with one attached hydrogen (secondary N) is 1. The number of anilines is 2. The standard InChI is InChI=1S/C15H17FN2/c1-10-7-14(17)15(8-11(10)2)18-9-12-5-3-4-6-13(12)16/h3-8,18H,9,17H2,1-2H3. The molecular formula is C15H17FN2. The zero-order valence-corrected chi connectivity index (χ0v) is 10.6. The van der Waals surface area contributed by atoms with Crippen LogP contribution in [-0.2, 0) is 6.54 Å². The lowest BCUT2D eigenvalue weighted by molar-refractivity contribution is 0.613. The molecule has 0 radical (unpaired) electrons. The topological polar surface area (TPSA) is 38.0 Å². The maximum Gasteiger partial charge on any atom is 0.128 e. The van der Waals surface area contributed by atoms with Crippen molar-refractivity contribution in [2.75, 3.05) is 11.1 Å². The van der Waals surface area contributed by atoms with E-state index in [-0.39, 0.29) is 5.82 Å². The minimum absolute atomic E-state index is 0.201. The van der Waals surface area contributed by atoms with Crippen molar-refractivity contribution in [3.05, 3.63) is 58.9 Å². The third-order valence-corrected chi connectivity index (χ3v) is 3.09. The van der Waals surface area contributed by atoms with Crippen LogP contribution in [0.4, 0.5) is 15.8 Å². The number of rotatable bonds is 3. The molecule has 94 valence electrons. The van der Waals surface area contributed by atoms with Gasteiger partial charge in [0.2, 0.25) is 0 Å². The molecule has 0 saturated heterocycles. The molecule has 2 nitrogen and oxygen atoms in total. The second kappa shape index (κ2) is 5.08. The molecule has 3 heteroatoms. The van der Waals surface area contributed by atoms with Gasteiger partial charge in [-0.3, -0.25) is 0 Å². The zero-order valence-electron chi connectivity index (χ0n) is 10.6. The molecule has 0 atom stereocenters. The molecule has 0 aliphatic rings. The van der Waals surface area contributed by atoms with Gasteiger partial charge in [-0.2, -0.15) is 0 Å². The summed E-state index contributed by atoms with van der Waals surface area (Å²) in [7, 11) is 0. The summed E-state index contributed by atoms with van der Waals surface area (Å²) in [5, 5.41) is 3.17. The van der Waals surface area contributed by atoms with Crippen LogP contribution in [0, 0.1) is 19.7 Å². The van der Waals surface area contributed by atoms with Crippen molar-refractivity contribution < 1.29 is 4.39 Å². The summed E-state index contributed by atoms with van der Waals surface area (Å²) in [5.74, 6) is -0.201. The van der Waals surface area contributed by atoms with Gasteiger partial charge in [0.1, 0.15) is 5.82 Å². The van der Waals surface area contributed by atoms with Crippen LogP contribution in [0.5, 0.6) is 0 Å². The highest BCUT2D eigenvalue weighted by Gasteiger charge is 2.04. The SMILES string of the molecule is Cc1cc(N)c(NCc2ccccc2F)cc1C. The Labute approximate surface area is 107 Å². The molecule has 0 bridgehead atoms. The maximum absolute atomic E-state index is 13.5. The molecule has 2 aromatic rings. The predicted molar refractivity (Wildman–Crippen MR) is 74.1 cm³/mol. The quantitative estimate of drug-likeness (QED) is 0.809. The van der Waals surface area contributed by atoms with Crippen molar-refractivity contribution in [1.29, 1.82) is 0 Å². The lowest BCUT2D eigenvalue weighted by atomic mass is 10.1. The van der Waals surface area contributed by atoms with E-state index in [4.69, 9.17) is 5.73 Å². The molecule has 0 aromatic heterocycles. The van der Waals surface area contributed by atoms with Crippen LogP contribution >= 0.6 is 0 Å². The van der Waals surface area contributed by atoms with Crippen molar-refractivity contribution >= 4 is 11.4 Å². The fourth-order valence-corrected chi connectivity index (χ4v) is 1.82. The molecule has 2 rings (SSSR count). The fourth-order valence-electron chi connectivity index (χ4n) is 1.82. The van der Waals surface area contributed by atoms with Gasteiger partial charge >= 0.3 is 0 Å². The average molecular weight is 244 g/mol. The molecule has 0 heterocycles. The van der Waals surface area contributed by atoms with Gasteiger partial charge in [0, 0.05) is 12.1 Å². The lowest BCUT2D eigenvalue weighted by Crippen LogP contribution is -2.05. The Hall–Kier alpha value is -2.03. The van der Waals surface area contributed by atoms with E-state index in [0.29, 0.717) is 17.8 Å². The van der Waals surface area contributed by atoms with E-state index in [1.165, 1.54) is 11.6 Å². The Kier molecular flexibility index (Phi) is 3.51. The molecule has 3 N–H and O–H groups in total. The normalized spacial score (nSPS) is 10.4. The van der Waals surface area contributed by atoms with Crippen LogP contribution in [0.3, 0.4) is 0 Å². The van der Waals surface area contributed by atoms with Crippen LogP contribution in [-0.4, -0.2) is 0 Å². The van der Waals surface area contributed by atoms with Gasteiger partial charge in [0.05, 0.1) is 11.4 Å². The van der Waals surface area contributed by atoms with Crippen molar-refractivity contribution in [1.82, 2.24) is 0 Å². The molecule has 0 amide bonds. The van der Waals surface area contributed by atoms with E-state index < -0.39 is 0 Å². The Morgan fingerprint density at radius 2 is 1.78 bits per heavy atom. The van der Waals surface area contributed by atoms with Crippen LogP contribution in [0.15, 0.2) is 36.4 Å². The number of nitrogens with two attached hydrogens (primary N) is 1. The molecule has 0 aliphatic heterocycles. The van der Waals surface area contributed by atoms with Gasteiger partial charge in [0.25, 0.3) is 0 Å². The summed E-state index contributed by atoms with van der Waals surface area (Å²) in [6, 6.07) is 10.7. The predicted octanol–water partition coefficient (Wildman–Crippen LogP) is 3.64. The highest BCUT2D eigenvalue weighted by atomic mass is 19.1. The first-order valence-electron chi connectivity index (χ1n) is 5.92. The smallest absolute Gasteiger partial charge is 0.128 e. The van der Waals surface area contributed by atoms with Crippen LogP contribution in [0.2, 0.25) is 0 Å². The number of hydrogen-bond donors (Lipinski definition) is 2. The molecule has 0 unspecified atom stereocenters. The summed E-state index contributed by atoms with van der Waals surface area (Å²) in [4.78, 5) is 0. The average Bonchev–Trinajstić information content (AvgIpc) is 2.34. The van der Waals surface area contributed by atoms with E-state index in [1.807, 2.05) is 32.0 Å². The molecule has 0 spiro atoms.